The average Bonchev–Trinajstić information content (AvgIpc) is 3.15. The van der Waals surface area contributed by atoms with Gasteiger partial charge in [0, 0.05) is 17.4 Å². The molecule has 0 aliphatic heterocycles. The van der Waals surface area contributed by atoms with Gasteiger partial charge in [0.25, 0.3) is 0 Å². The molecule has 2 aromatic carbocycles. The van der Waals surface area contributed by atoms with Crippen molar-refractivity contribution in [1.29, 1.82) is 0 Å². The molecule has 0 atom stereocenters. The van der Waals surface area contributed by atoms with E-state index in [-0.39, 0.29) is 5.91 Å². The quantitative estimate of drug-likeness (QED) is 0.383. The van der Waals surface area contributed by atoms with E-state index in [1.54, 1.807) is 0 Å². The Bertz CT molecular complexity index is 871. The van der Waals surface area contributed by atoms with Crippen LogP contribution in [0.5, 0.6) is 0 Å². The Kier molecular flexibility index (Phi) is 7.40. The van der Waals surface area contributed by atoms with Crippen molar-refractivity contribution in [2.24, 2.45) is 0 Å². The third-order valence-electron chi connectivity index (χ3n) is 4.80. The maximum atomic E-state index is 12.1. The third-order valence-corrected chi connectivity index (χ3v) is 5.56. The normalized spacial score (nSPS) is 11.0. The van der Waals surface area contributed by atoms with Gasteiger partial charge in [0.05, 0.1) is 5.69 Å². The molecule has 4 heteroatoms. The van der Waals surface area contributed by atoms with Gasteiger partial charge in [-0.25, -0.2) is 4.98 Å². The molecular weight excluding hydrogens is 352 g/mol. The van der Waals surface area contributed by atoms with Crippen molar-refractivity contribution in [2.45, 2.75) is 58.3 Å². The van der Waals surface area contributed by atoms with E-state index < -0.39 is 0 Å². The van der Waals surface area contributed by atoms with Gasteiger partial charge in [0.15, 0.2) is 5.13 Å². The molecule has 3 rings (SSSR count). The summed E-state index contributed by atoms with van der Waals surface area (Å²) in [5, 5.41) is 8.07. The molecule has 1 heterocycles. The van der Waals surface area contributed by atoms with E-state index in [0.29, 0.717) is 11.6 Å². The predicted octanol–water partition coefficient (Wildman–Crippen LogP) is 7.04. The highest BCUT2D eigenvalue weighted by Crippen LogP contribution is 2.27. The highest BCUT2D eigenvalue weighted by atomic mass is 32.1. The fourth-order valence-electron chi connectivity index (χ4n) is 3.24. The lowest BCUT2D eigenvalue weighted by molar-refractivity contribution is -0.116. The van der Waals surface area contributed by atoms with Crippen molar-refractivity contribution in [3.05, 3.63) is 47.8 Å². The molecule has 0 saturated heterocycles. The molecule has 0 fully saturated rings. The lowest BCUT2D eigenvalue weighted by atomic mass is 10.1. The van der Waals surface area contributed by atoms with Crippen molar-refractivity contribution >= 4 is 33.1 Å². The lowest BCUT2D eigenvalue weighted by Gasteiger charge is -2.03. The molecule has 0 radical (unpaired) electrons. The second kappa shape index (κ2) is 10.2. The molecule has 3 aromatic rings. The number of unbranched alkanes of at least 4 members (excludes halogenated alkanes) is 6. The van der Waals surface area contributed by atoms with Crippen LogP contribution in [-0.2, 0) is 4.79 Å². The van der Waals surface area contributed by atoms with Crippen LogP contribution in [0.25, 0.3) is 22.0 Å². The van der Waals surface area contributed by atoms with Crippen LogP contribution in [0.1, 0.15) is 58.3 Å². The molecule has 1 amide bonds. The number of fused-ring (bicyclic) bond motifs is 1. The second-order valence-corrected chi connectivity index (χ2v) is 7.88. The van der Waals surface area contributed by atoms with Gasteiger partial charge < -0.3 is 5.32 Å². The van der Waals surface area contributed by atoms with E-state index in [9.17, 15) is 4.79 Å². The van der Waals surface area contributed by atoms with Gasteiger partial charge in [0.2, 0.25) is 5.91 Å². The van der Waals surface area contributed by atoms with Crippen LogP contribution in [0.2, 0.25) is 0 Å². The van der Waals surface area contributed by atoms with E-state index >= 15 is 0 Å². The Morgan fingerprint density at radius 2 is 1.70 bits per heavy atom. The summed E-state index contributed by atoms with van der Waals surface area (Å²) in [6.07, 6.45) is 9.12. The molecule has 1 N–H and O–H groups in total. The highest BCUT2D eigenvalue weighted by molar-refractivity contribution is 7.14. The minimum absolute atomic E-state index is 0.0722. The summed E-state index contributed by atoms with van der Waals surface area (Å²) < 4.78 is 0. The number of nitrogens with one attached hydrogen (secondary N) is 1. The van der Waals surface area contributed by atoms with E-state index in [2.05, 4.69) is 47.6 Å². The Hall–Kier alpha value is -2.20. The second-order valence-electron chi connectivity index (χ2n) is 7.02. The number of hydrogen-bond acceptors (Lipinski definition) is 3. The number of hydrogen-bond donors (Lipinski definition) is 1. The fraction of sp³-hybridized carbons (Fsp3) is 0.391. The molecule has 3 nitrogen and oxygen atoms in total. The maximum Gasteiger partial charge on any atom is 0.226 e. The Morgan fingerprint density at radius 1 is 0.963 bits per heavy atom. The maximum absolute atomic E-state index is 12.1. The van der Waals surface area contributed by atoms with Gasteiger partial charge in [-0.2, -0.15) is 0 Å². The van der Waals surface area contributed by atoms with Gasteiger partial charge in [-0.15, -0.1) is 11.3 Å². The van der Waals surface area contributed by atoms with Gasteiger partial charge in [-0.3, -0.25) is 4.79 Å². The first-order valence-electron chi connectivity index (χ1n) is 10.0. The SMILES string of the molecule is CCCCCCCCCC(=O)Nc1nc(-c2ccc3ccccc3c2)cs1. The zero-order valence-corrected chi connectivity index (χ0v) is 16.9. The summed E-state index contributed by atoms with van der Waals surface area (Å²) in [5.41, 5.74) is 1.99. The van der Waals surface area contributed by atoms with Gasteiger partial charge in [-0.05, 0) is 23.3 Å². The smallest absolute Gasteiger partial charge is 0.226 e. The van der Waals surface area contributed by atoms with Crippen molar-refractivity contribution in [3.63, 3.8) is 0 Å². The molecule has 1 aromatic heterocycles. The van der Waals surface area contributed by atoms with Gasteiger partial charge in [-0.1, -0.05) is 81.8 Å². The number of carbonyl (C=O) groups excluding carboxylic acids is 1. The Labute approximate surface area is 165 Å². The summed E-state index contributed by atoms with van der Waals surface area (Å²) >= 11 is 1.49. The van der Waals surface area contributed by atoms with E-state index in [1.165, 1.54) is 54.2 Å². The van der Waals surface area contributed by atoms with Gasteiger partial charge >= 0.3 is 0 Å². The van der Waals surface area contributed by atoms with Crippen molar-refractivity contribution in [3.8, 4) is 11.3 Å². The number of aromatic nitrogens is 1. The number of rotatable bonds is 10. The van der Waals surface area contributed by atoms with E-state index in [4.69, 9.17) is 0 Å². The molecule has 0 spiro atoms. The minimum Gasteiger partial charge on any atom is -0.302 e. The predicted molar refractivity (Wildman–Crippen MR) is 116 cm³/mol. The lowest BCUT2D eigenvalue weighted by Crippen LogP contribution is -2.10. The zero-order valence-electron chi connectivity index (χ0n) is 16.0. The van der Waals surface area contributed by atoms with Gasteiger partial charge in [0.1, 0.15) is 0 Å². The number of anilines is 1. The van der Waals surface area contributed by atoms with Crippen molar-refractivity contribution < 1.29 is 4.79 Å². The molecule has 0 aliphatic carbocycles. The first kappa shape index (κ1) is 19.6. The summed E-state index contributed by atoms with van der Waals surface area (Å²) in [5.74, 6) is 0.0722. The zero-order chi connectivity index (χ0) is 18.9. The highest BCUT2D eigenvalue weighted by Gasteiger charge is 2.08. The average molecular weight is 381 g/mol. The molecular formula is C23H28N2OS. The van der Waals surface area contributed by atoms with Crippen LogP contribution in [0, 0.1) is 0 Å². The van der Waals surface area contributed by atoms with Crippen LogP contribution in [0.15, 0.2) is 47.8 Å². The number of benzene rings is 2. The first-order chi connectivity index (χ1) is 13.3. The third kappa shape index (κ3) is 5.90. The standard InChI is InChI=1S/C23H28N2OS/c1-2-3-4-5-6-7-8-13-22(26)25-23-24-21(17-27-23)20-15-14-18-11-9-10-12-19(18)16-20/h9-12,14-17H,2-8,13H2,1H3,(H,24,25,26). The summed E-state index contributed by atoms with van der Waals surface area (Å²) in [6, 6.07) is 14.6. The number of amides is 1. The number of thiazole rings is 1. The van der Waals surface area contributed by atoms with Crippen molar-refractivity contribution in [1.82, 2.24) is 4.98 Å². The Balaban J connectivity index is 1.48. The van der Waals surface area contributed by atoms with Crippen LogP contribution in [-0.4, -0.2) is 10.9 Å². The molecule has 27 heavy (non-hydrogen) atoms. The number of carbonyl (C=O) groups is 1. The molecule has 142 valence electrons. The van der Waals surface area contributed by atoms with Crippen LogP contribution >= 0.6 is 11.3 Å². The topological polar surface area (TPSA) is 42.0 Å². The monoisotopic (exact) mass is 380 g/mol. The van der Waals surface area contributed by atoms with E-state index in [1.807, 2.05) is 17.5 Å². The van der Waals surface area contributed by atoms with Crippen LogP contribution in [0.4, 0.5) is 5.13 Å². The van der Waals surface area contributed by atoms with Crippen LogP contribution < -0.4 is 5.32 Å². The molecule has 0 bridgehead atoms. The number of nitrogens with zero attached hydrogens (tertiary/aromatic N) is 1. The molecule has 0 aliphatic rings. The largest absolute Gasteiger partial charge is 0.302 e. The van der Waals surface area contributed by atoms with Crippen LogP contribution in [0.3, 0.4) is 0 Å². The summed E-state index contributed by atoms with van der Waals surface area (Å²) in [4.78, 5) is 16.7. The molecule has 0 saturated carbocycles. The Morgan fingerprint density at radius 3 is 2.52 bits per heavy atom. The summed E-state index contributed by atoms with van der Waals surface area (Å²) in [7, 11) is 0. The fourth-order valence-corrected chi connectivity index (χ4v) is 3.97. The van der Waals surface area contributed by atoms with Crippen molar-refractivity contribution in [2.75, 3.05) is 5.32 Å². The van der Waals surface area contributed by atoms with E-state index in [0.717, 1.165) is 24.1 Å². The summed E-state index contributed by atoms with van der Waals surface area (Å²) in [6.45, 7) is 2.23. The molecule has 0 unspecified atom stereocenters. The first-order valence-corrected chi connectivity index (χ1v) is 10.9. The minimum atomic E-state index is 0.0722.